The van der Waals surface area contributed by atoms with E-state index in [9.17, 15) is 9.59 Å². The maximum Gasteiger partial charge on any atom is 0.261 e. The number of carbonyl (C=O) groups is 2. The van der Waals surface area contributed by atoms with Crippen LogP contribution in [0.25, 0.3) is 0 Å². The molecule has 4 rings (SSSR count). The minimum atomic E-state index is -0.298. The van der Waals surface area contributed by atoms with E-state index in [1.165, 1.54) is 4.90 Å². The molecule has 0 spiro atoms. The summed E-state index contributed by atoms with van der Waals surface area (Å²) in [6, 6.07) is 16.0. The van der Waals surface area contributed by atoms with Crippen molar-refractivity contribution in [2.45, 2.75) is 6.54 Å². The Hall–Kier alpha value is -3.18. The molecule has 0 aliphatic carbocycles. The van der Waals surface area contributed by atoms with Crippen molar-refractivity contribution in [3.05, 3.63) is 88.7 Å². The molecule has 128 valence electrons. The van der Waals surface area contributed by atoms with E-state index >= 15 is 0 Å². The van der Waals surface area contributed by atoms with E-state index in [1.807, 2.05) is 18.2 Å². The van der Waals surface area contributed by atoms with Crippen LogP contribution in [0.4, 0.5) is 11.4 Å². The summed E-state index contributed by atoms with van der Waals surface area (Å²) < 4.78 is 0. The molecule has 1 N–H and O–H groups in total. The Kier molecular flexibility index (Phi) is 4.14. The van der Waals surface area contributed by atoms with Crippen LogP contribution in [0.5, 0.6) is 0 Å². The first-order chi connectivity index (χ1) is 12.6. The lowest BCUT2D eigenvalue weighted by Gasteiger charge is -2.13. The molecule has 0 atom stereocenters. The first kappa shape index (κ1) is 16.3. The molecule has 1 aromatic heterocycles. The highest BCUT2D eigenvalue weighted by molar-refractivity contribution is 6.30. The minimum Gasteiger partial charge on any atom is -0.356 e. The van der Waals surface area contributed by atoms with E-state index in [1.54, 1.807) is 48.8 Å². The lowest BCUT2D eigenvalue weighted by molar-refractivity contribution is 0.0642. The maximum atomic E-state index is 12.7. The number of fused-ring (bicyclic) bond motifs is 1. The second kappa shape index (κ2) is 6.61. The third-order valence-corrected chi connectivity index (χ3v) is 4.42. The molecular weight excluding hydrogens is 350 g/mol. The summed E-state index contributed by atoms with van der Waals surface area (Å²) in [5.41, 5.74) is 3.20. The van der Waals surface area contributed by atoms with Crippen molar-refractivity contribution in [3.63, 3.8) is 0 Å². The third kappa shape index (κ3) is 3.05. The van der Waals surface area contributed by atoms with Crippen molar-refractivity contribution in [1.29, 1.82) is 0 Å². The van der Waals surface area contributed by atoms with E-state index in [4.69, 9.17) is 11.6 Å². The number of hydrogen-bond acceptors (Lipinski definition) is 4. The highest BCUT2D eigenvalue weighted by atomic mass is 35.5. The highest BCUT2D eigenvalue weighted by Gasteiger charge is 2.35. The number of anilines is 2. The summed E-state index contributed by atoms with van der Waals surface area (Å²) in [6.07, 6.45) is 3.30. The SMILES string of the molecule is O=C1c2ccc(Nc3ccc(Cl)cc3)cc2C(=O)N1Cc1cccnc1. The van der Waals surface area contributed by atoms with Crippen molar-refractivity contribution in [2.75, 3.05) is 5.32 Å². The normalized spacial score (nSPS) is 13.0. The number of hydrogen-bond donors (Lipinski definition) is 1. The van der Waals surface area contributed by atoms with Crippen LogP contribution in [0.3, 0.4) is 0 Å². The highest BCUT2D eigenvalue weighted by Crippen LogP contribution is 2.28. The van der Waals surface area contributed by atoms with E-state index in [0.717, 1.165) is 16.9 Å². The summed E-state index contributed by atoms with van der Waals surface area (Å²) in [6.45, 7) is 0.208. The molecule has 2 amide bonds. The maximum absolute atomic E-state index is 12.7. The summed E-state index contributed by atoms with van der Waals surface area (Å²) in [5.74, 6) is -0.583. The van der Waals surface area contributed by atoms with Crippen LogP contribution >= 0.6 is 11.6 Å². The zero-order valence-electron chi connectivity index (χ0n) is 13.6. The summed E-state index contributed by atoms with van der Waals surface area (Å²) in [4.78, 5) is 30.5. The lowest BCUT2D eigenvalue weighted by atomic mass is 10.1. The van der Waals surface area contributed by atoms with Gasteiger partial charge in [-0.15, -0.1) is 0 Å². The van der Waals surface area contributed by atoms with Crippen molar-refractivity contribution in [2.24, 2.45) is 0 Å². The number of pyridine rings is 1. The van der Waals surface area contributed by atoms with Crippen molar-refractivity contribution in [1.82, 2.24) is 9.88 Å². The number of aromatic nitrogens is 1. The van der Waals surface area contributed by atoms with Crippen molar-refractivity contribution in [3.8, 4) is 0 Å². The second-order valence-corrected chi connectivity index (χ2v) is 6.39. The molecule has 0 fully saturated rings. The molecule has 0 saturated carbocycles. The fourth-order valence-electron chi connectivity index (χ4n) is 2.89. The van der Waals surface area contributed by atoms with E-state index in [0.29, 0.717) is 16.1 Å². The van der Waals surface area contributed by atoms with Crippen LogP contribution in [-0.2, 0) is 6.54 Å². The molecule has 0 saturated heterocycles. The molecule has 1 aliphatic rings. The Morgan fingerprint density at radius 2 is 1.65 bits per heavy atom. The molecule has 0 radical (unpaired) electrons. The molecule has 2 aromatic carbocycles. The van der Waals surface area contributed by atoms with Gasteiger partial charge in [0.15, 0.2) is 0 Å². The monoisotopic (exact) mass is 363 g/mol. The Labute approximate surface area is 155 Å². The molecular formula is C20H14ClN3O2. The van der Waals surface area contributed by atoms with Gasteiger partial charge in [-0.1, -0.05) is 17.7 Å². The van der Waals surface area contributed by atoms with Gasteiger partial charge in [-0.25, -0.2) is 0 Å². The van der Waals surface area contributed by atoms with Crippen molar-refractivity contribution < 1.29 is 9.59 Å². The number of rotatable bonds is 4. The van der Waals surface area contributed by atoms with Gasteiger partial charge in [0.05, 0.1) is 17.7 Å². The van der Waals surface area contributed by atoms with Gasteiger partial charge in [0.25, 0.3) is 11.8 Å². The Morgan fingerprint density at radius 1 is 0.923 bits per heavy atom. The predicted octanol–water partition coefficient (Wildman–Crippen LogP) is 4.27. The fraction of sp³-hybridized carbons (Fsp3) is 0.0500. The van der Waals surface area contributed by atoms with Gasteiger partial charge in [-0.3, -0.25) is 19.5 Å². The molecule has 0 bridgehead atoms. The minimum absolute atomic E-state index is 0.208. The fourth-order valence-corrected chi connectivity index (χ4v) is 3.01. The van der Waals surface area contributed by atoms with Gasteiger partial charge in [-0.2, -0.15) is 0 Å². The number of nitrogens with zero attached hydrogens (tertiary/aromatic N) is 2. The number of imide groups is 1. The molecule has 2 heterocycles. The van der Waals surface area contributed by atoms with Crippen LogP contribution in [0.1, 0.15) is 26.3 Å². The van der Waals surface area contributed by atoms with Crippen LogP contribution < -0.4 is 5.32 Å². The van der Waals surface area contributed by atoms with Gasteiger partial charge >= 0.3 is 0 Å². The van der Waals surface area contributed by atoms with Gasteiger partial charge < -0.3 is 5.32 Å². The van der Waals surface area contributed by atoms with Gasteiger partial charge in [0.1, 0.15) is 0 Å². The van der Waals surface area contributed by atoms with Crippen LogP contribution in [0, 0.1) is 0 Å². The average molecular weight is 364 g/mol. The summed E-state index contributed by atoms with van der Waals surface area (Å²) in [5, 5.41) is 3.86. The van der Waals surface area contributed by atoms with E-state index < -0.39 is 0 Å². The van der Waals surface area contributed by atoms with Crippen LogP contribution in [0.2, 0.25) is 5.02 Å². The molecule has 5 nitrogen and oxygen atoms in total. The largest absolute Gasteiger partial charge is 0.356 e. The zero-order valence-corrected chi connectivity index (χ0v) is 14.4. The zero-order chi connectivity index (χ0) is 18.1. The molecule has 1 aliphatic heterocycles. The quantitative estimate of drug-likeness (QED) is 0.703. The lowest BCUT2D eigenvalue weighted by Crippen LogP contribution is -2.29. The van der Waals surface area contributed by atoms with Gasteiger partial charge in [0, 0.05) is 28.8 Å². The van der Waals surface area contributed by atoms with Crippen LogP contribution in [0.15, 0.2) is 67.0 Å². The van der Waals surface area contributed by atoms with Gasteiger partial charge in [0.2, 0.25) is 0 Å². The Morgan fingerprint density at radius 3 is 2.38 bits per heavy atom. The first-order valence-corrected chi connectivity index (χ1v) is 8.41. The molecule has 6 heteroatoms. The average Bonchev–Trinajstić information content (AvgIpc) is 2.89. The standard InChI is InChI=1S/C20H14ClN3O2/c21-14-3-5-15(6-4-14)23-16-7-8-17-18(10-16)20(26)24(19(17)25)12-13-2-1-9-22-11-13/h1-11,23H,12H2. The smallest absolute Gasteiger partial charge is 0.261 e. The summed E-state index contributed by atoms with van der Waals surface area (Å²) >= 11 is 5.89. The first-order valence-electron chi connectivity index (χ1n) is 8.03. The number of amides is 2. The predicted molar refractivity (Wildman–Crippen MR) is 99.6 cm³/mol. The number of carbonyl (C=O) groups excluding carboxylic acids is 2. The molecule has 26 heavy (non-hydrogen) atoms. The summed E-state index contributed by atoms with van der Waals surface area (Å²) in [7, 11) is 0. The van der Waals surface area contributed by atoms with E-state index in [-0.39, 0.29) is 18.4 Å². The van der Waals surface area contributed by atoms with Crippen molar-refractivity contribution >= 4 is 34.8 Å². The number of nitrogens with one attached hydrogen (secondary N) is 1. The Balaban J connectivity index is 1.58. The van der Waals surface area contributed by atoms with Crippen LogP contribution in [-0.4, -0.2) is 21.7 Å². The second-order valence-electron chi connectivity index (χ2n) is 5.95. The van der Waals surface area contributed by atoms with Gasteiger partial charge in [-0.05, 0) is 54.1 Å². The topological polar surface area (TPSA) is 62.3 Å². The third-order valence-electron chi connectivity index (χ3n) is 4.17. The number of halogens is 1. The molecule has 3 aromatic rings. The van der Waals surface area contributed by atoms with E-state index in [2.05, 4.69) is 10.3 Å². The number of benzene rings is 2. The molecule has 0 unspecified atom stereocenters. The Bertz CT molecular complexity index is 988.